The molecule has 0 aliphatic carbocycles. The van der Waals surface area contributed by atoms with Crippen LogP contribution in [-0.4, -0.2) is 38.1 Å². The summed E-state index contributed by atoms with van der Waals surface area (Å²) >= 11 is 1.47. The van der Waals surface area contributed by atoms with Gasteiger partial charge in [-0.05, 0) is 30.2 Å². The first-order valence-corrected chi connectivity index (χ1v) is 11.8. The Balaban J connectivity index is 1.52. The van der Waals surface area contributed by atoms with Gasteiger partial charge in [-0.3, -0.25) is 14.3 Å². The van der Waals surface area contributed by atoms with E-state index in [1.54, 1.807) is 24.5 Å². The minimum atomic E-state index is -0.710. The first-order valence-electron chi connectivity index (χ1n) is 10.9. The molecular weight excluding hydrogens is 452 g/mol. The standard InChI is InChI=1S/C26H22N2O5S/c1-17-23(33-26(31)27-14-8-9-15-27)22(28-20(29)16-21(28)34-17)25(30)32-24(18-10-4-2-5-11-18)19-12-6-3-7-13-19/h2-15,17,21,24H,16H2,1H3/t17?,21-/m1/s1. The van der Waals surface area contributed by atoms with Gasteiger partial charge in [-0.25, -0.2) is 9.59 Å². The number of carbonyl (C=O) groups excluding carboxylic acids is 3. The fourth-order valence-corrected chi connectivity index (χ4v) is 5.39. The molecule has 3 heterocycles. The quantitative estimate of drug-likeness (QED) is 0.394. The second-order valence-corrected chi connectivity index (χ2v) is 9.50. The molecule has 0 saturated carbocycles. The number of esters is 1. The van der Waals surface area contributed by atoms with Crippen molar-refractivity contribution in [2.45, 2.75) is 30.1 Å². The van der Waals surface area contributed by atoms with E-state index in [0.717, 1.165) is 11.1 Å². The van der Waals surface area contributed by atoms with Gasteiger partial charge in [0, 0.05) is 12.4 Å². The third kappa shape index (κ3) is 4.12. The van der Waals surface area contributed by atoms with Crippen molar-refractivity contribution in [1.29, 1.82) is 0 Å². The molecule has 0 radical (unpaired) electrons. The normalized spacial score (nSPS) is 19.5. The molecule has 0 spiro atoms. The highest BCUT2D eigenvalue weighted by molar-refractivity contribution is 8.00. The highest BCUT2D eigenvalue weighted by Crippen LogP contribution is 2.45. The summed E-state index contributed by atoms with van der Waals surface area (Å²) in [6, 6.07) is 22.2. The number of rotatable bonds is 5. The Hall–Kier alpha value is -3.78. The van der Waals surface area contributed by atoms with Crippen molar-refractivity contribution in [2.75, 3.05) is 0 Å². The van der Waals surface area contributed by atoms with E-state index in [4.69, 9.17) is 9.47 Å². The van der Waals surface area contributed by atoms with Crippen LogP contribution in [0.2, 0.25) is 0 Å². The zero-order valence-corrected chi connectivity index (χ0v) is 19.2. The number of fused-ring (bicyclic) bond motifs is 1. The average Bonchev–Trinajstić information content (AvgIpc) is 3.40. The van der Waals surface area contributed by atoms with Crippen LogP contribution in [0.5, 0.6) is 0 Å². The second-order valence-electron chi connectivity index (χ2n) is 7.98. The molecule has 2 aliphatic heterocycles. The summed E-state index contributed by atoms with van der Waals surface area (Å²) in [5.41, 5.74) is 1.57. The van der Waals surface area contributed by atoms with E-state index in [2.05, 4.69) is 0 Å². The summed E-state index contributed by atoms with van der Waals surface area (Å²) in [7, 11) is 0. The molecule has 1 fully saturated rings. The Morgan fingerprint density at radius 1 is 0.941 bits per heavy atom. The first-order chi connectivity index (χ1) is 16.5. The Bertz CT molecular complexity index is 1200. The third-order valence-corrected chi connectivity index (χ3v) is 7.06. The smallest absolute Gasteiger partial charge is 0.423 e. The van der Waals surface area contributed by atoms with E-state index in [1.165, 1.54) is 21.2 Å². The summed E-state index contributed by atoms with van der Waals surface area (Å²) < 4.78 is 13.0. The van der Waals surface area contributed by atoms with E-state index in [-0.39, 0.29) is 28.0 Å². The maximum absolute atomic E-state index is 13.6. The number of aromatic nitrogens is 1. The van der Waals surface area contributed by atoms with Crippen LogP contribution in [0.4, 0.5) is 4.79 Å². The Morgan fingerprint density at radius 2 is 1.53 bits per heavy atom. The highest BCUT2D eigenvalue weighted by Gasteiger charge is 2.50. The first kappa shape index (κ1) is 22.0. The molecule has 2 aromatic carbocycles. The zero-order chi connectivity index (χ0) is 23.7. The SMILES string of the molecule is CC1S[C@@H]2CC(=O)N2C(C(=O)OC(c2ccccc2)c2ccccc2)=C1OC(=O)n1cccc1. The minimum Gasteiger partial charge on any atom is -0.448 e. The van der Waals surface area contributed by atoms with Crippen molar-refractivity contribution >= 4 is 29.7 Å². The van der Waals surface area contributed by atoms with Gasteiger partial charge in [0.1, 0.15) is 0 Å². The molecular formula is C26H22N2O5S. The number of nitrogens with zero attached hydrogens (tertiary/aromatic N) is 2. The van der Waals surface area contributed by atoms with Crippen molar-refractivity contribution in [1.82, 2.24) is 9.47 Å². The van der Waals surface area contributed by atoms with Crippen molar-refractivity contribution in [2.24, 2.45) is 0 Å². The minimum absolute atomic E-state index is 0.00938. The maximum atomic E-state index is 13.6. The van der Waals surface area contributed by atoms with Gasteiger partial charge >= 0.3 is 12.1 Å². The van der Waals surface area contributed by atoms with Crippen LogP contribution in [0.25, 0.3) is 0 Å². The topological polar surface area (TPSA) is 77.8 Å². The lowest BCUT2D eigenvalue weighted by molar-refractivity contribution is -0.152. The molecule has 7 nitrogen and oxygen atoms in total. The summed E-state index contributed by atoms with van der Waals surface area (Å²) in [4.78, 5) is 40.2. The number of thioether (sulfide) groups is 1. The van der Waals surface area contributed by atoms with Crippen molar-refractivity contribution < 1.29 is 23.9 Å². The molecule has 3 aromatic rings. The van der Waals surface area contributed by atoms with Crippen LogP contribution in [0.15, 0.2) is 96.6 Å². The summed E-state index contributed by atoms with van der Waals surface area (Å²) in [5.74, 6) is -0.794. The van der Waals surface area contributed by atoms with Gasteiger partial charge in [0.25, 0.3) is 0 Å². The second kappa shape index (κ2) is 9.23. The fraction of sp³-hybridized carbons (Fsp3) is 0.192. The molecule has 8 heteroatoms. The molecule has 0 bridgehead atoms. The molecule has 172 valence electrons. The lowest BCUT2D eigenvalue weighted by Crippen LogP contribution is -2.55. The number of β-lactam (4-membered cyclic amide) rings is 1. The summed E-state index contributed by atoms with van der Waals surface area (Å²) in [6.45, 7) is 1.85. The highest BCUT2D eigenvalue weighted by atomic mass is 32.2. The number of carbonyl (C=O) groups is 3. The molecule has 5 rings (SSSR count). The Morgan fingerprint density at radius 3 is 2.09 bits per heavy atom. The molecule has 1 unspecified atom stereocenters. The molecule has 1 saturated heterocycles. The van der Waals surface area contributed by atoms with Crippen LogP contribution in [0.3, 0.4) is 0 Å². The molecule has 2 atom stereocenters. The number of hydrogen-bond acceptors (Lipinski definition) is 6. The van der Waals surface area contributed by atoms with Gasteiger partial charge in [0.15, 0.2) is 17.6 Å². The van der Waals surface area contributed by atoms with Gasteiger partial charge in [-0.2, -0.15) is 0 Å². The number of hydrogen-bond donors (Lipinski definition) is 0. The van der Waals surface area contributed by atoms with Crippen LogP contribution in [0, 0.1) is 0 Å². The average molecular weight is 475 g/mol. The van der Waals surface area contributed by atoms with Gasteiger partial charge in [0.05, 0.1) is 17.0 Å². The van der Waals surface area contributed by atoms with Crippen LogP contribution < -0.4 is 0 Å². The van der Waals surface area contributed by atoms with Gasteiger partial charge in [-0.15, -0.1) is 11.8 Å². The largest absolute Gasteiger partial charge is 0.448 e. The molecule has 34 heavy (non-hydrogen) atoms. The maximum Gasteiger partial charge on any atom is 0.423 e. The van der Waals surface area contributed by atoms with E-state index in [9.17, 15) is 14.4 Å². The van der Waals surface area contributed by atoms with Crippen molar-refractivity contribution in [3.63, 3.8) is 0 Å². The van der Waals surface area contributed by atoms with Crippen LogP contribution in [0.1, 0.15) is 30.6 Å². The number of amides is 1. The van der Waals surface area contributed by atoms with E-state index >= 15 is 0 Å². The molecule has 1 aromatic heterocycles. The van der Waals surface area contributed by atoms with Gasteiger partial charge < -0.3 is 9.47 Å². The van der Waals surface area contributed by atoms with Crippen LogP contribution >= 0.6 is 11.8 Å². The Kier molecular flexibility index (Phi) is 5.98. The van der Waals surface area contributed by atoms with E-state index in [0.29, 0.717) is 6.42 Å². The summed E-state index contributed by atoms with van der Waals surface area (Å²) in [5, 5.41) is -0.505. The number of benzene rings is 2. The zero-order valence-electron chi connectivity index (χ0n) is 18.4. The molecule has 2 aliphatic rings. The fourth-order valence-electron chi connectivity index (χ4n) is 4.05. The summed E-state index contributed by atoms with van der Waals surface area (Å²) in [6.07, 6.45) is 2.08. The van der Waals surface area contributed by atoms with E-state index < -0.39 is 18.2 Å². The van der Waals surface area contributed by atoms with E-state index in [1.807, 2.05) is 67.6 Å². The number of ether oxygens (including phenoxy) is 2. The van der Waals surface area contributed by atoms with Crippen molar-refractivity contribution in [3.05, 3.63) is 108 Å². The lowest BCUT2D eigenvalue weighted by atomic mass is 10.0. The van der Waals surface area contributed by atoms with Crippen molar-refractivity contribution in [3.8, 4) is 0 Å². The molecule has 0 N–H and O–H groups in total. The predicted octanol–water partition coefficient (Wildman–Crippen LogP) is 4.71. The monoisotopic (exact) mass is 474 g/mol. The Labute approximate surface area is 201 Å². The van der Waals surface area contributed by atoms with Crippen LogP contribution in [-0.2, 0) is 19.1 Å². The predicted molar refractivity (Wildman–Crippen MR) is 126 cm³/mol. The van der Waals surface area contributed by atoms with Gasteiger partial charge in [-0.1, -0.05) is 60.7 Å². The molecule has 1 amide bonds. The lowest BCUT2D eigenvalue weighted by Gasteiger charge is -2.45. The third-order valence-electron chi connectivity index (χ3n) is 5.75. The van der Waals surface area contributed by atoms with Gasteiger partial charge in [0.2, 0.25) is 5.91 Å².